The van der Waals surface area contributed by atoms with Crippen molar-refractivity contribution in [3.63, 3.8) is 0 Å². The molecule has 0 radical (unpaired) electrons. The van der Waals surface area contributed by atoms with E-state index in [1.165, 1.54) is 19.3 Å². The van der Waals surface area contributed by atoms with Crippen LogP contribution in [0, 0.1) is 0 Å². The van der Waals surface area contributed by atoms with Crippen molar-refractivity contribution in [1.82, 2.24) is 9.55 Å². The molecule has 1 aromatic heterocycles. The number of anilines is 1. The number of hydrogen-bond acceptors (Lipinski definition) is 4. The number of rotatable bonds is 6. The van der Waals surface area contributed by atoms with Crippen LogP contribution in [0.4, 0.5) is 5.69 Å². The van der Waals surface area contributed by atoms with E-state index in [1.807, 2.05) is 6.07 Å². The van der Waals surface area contributed by atoms with Crippen molar-refractivity contribution in [2.45, 2.75) is 51.0 Å². The summed E-state index contributed by atoms with van der Waals surface area (Å²) in [7, 11) is 0. The Balaban J connectivity index is 2.02. The van der Waals surface area contributed by atoms with Gasteiger partial charge in [-0.15, -0.1) is 0 Å². The van der Waals surface area contributed by atoms with Gasteiger partial charge in [0.1, 0.15) is 5.82 Å². The van der Waals surface area contributed by atoms with Crippen molar-refractivity contribution < 1.29 is 15.1 Å². The van der Waals surface area contributed by atoms with Crippen molar-refractivity contribution in [2.75, 3.05) is 11.7 Å². The second-order valence-electron chi connectivity index (χ2n) is 6.56. The van der Waals surface area contributed by atoms with E-state index in [0.717, 1.165) is 35.8 Å². The number of hydrogen-bond donors (Lipinski definition) is 2. The molecule has 25 heavy (non-hydrogen) atoms. The van der Waals surface area contributed by atoms with Crippen LogP contribution in [0.1, 0.15) is 50.3 Å². The second kappa shape index (κ2) is 7.80. The van der Waals surface area contributed by atoms with Gasteiger partial charge in [-0.1, -0.05) is 25.8 Å². The Morgan fingerprint density at radius 2 is 2.12 bits per heavy atom. The topological polar surface area (TPSA) is 78.6 Å². The number of aliphatic hydroxyl groups is 1. The molecule has 0 aliphatic heterocycles. The number of hydroxylamine groups is 1. The molecular formula is C19H25N3O3. The fourth-order valence-electron chi connectivity index (χ4n) is 3.62. The van der Waals surface area contributed by atoms with E-state index in [-0.39, 0.29) is 6.61 Å². The summed E-state index contributed by atoms with van der Waals surface area (Å²) in [5.74, 6) is 0.912. The highest BCUT2D eigenvalue weighted by Gasteiger charge is 2.23. The van der Waals surface area contributed by atoms with E-state index in [1.54, 1.807) is 12.1 Å². The van der Waals surface area contributed by atoms with E-state index in [0.29, 0.717) is 29.6 Å². The summed E-state index contributed by atoms with van der Waals surface area (Å²) in [5, 5.41) is 19.8. The molecule has 0 bridgehead atoms. The number of carbonyl (C=O) groups excluding carboxylic acids is 1. The minimum atomic E-state index is -0.577. The molecule has 6 nitrogen and oxygen atoms in total. The minimum absolute atomic E-state index is 0.139. The highest BCUT2D eigenvalue weighted by molar-refractivity contribution is 6.00. The number of nitrogens with zero attached hydrogens (tertiary/aromatic N) is 3. The lowest BCUT2D eigenvalue weighted by Gasteiger charge is -2.22. The Labute approximate surface area is 147 Å². The third-order valence-corrected chi connectivity index (χ3v) is 4.90. The van der Waals surface area contributed by atoms with Crippen molar-refractivity contribution in [1.29, 1.82) is 0 Å². The lowest BCUT2D eigenvalue weighted by atomic mass is 9.88. The van der Waals surface area contributed by atoms with Crippen LogP contribution in [0.2, 0.25) is 0 Å². The van der Waals surface area contributed by atoms with Gasteiger partial charge in [0.05, 0.1) is 16.7 Å². The standard InChI is InChI=1S/C19H25N3O3/c1-2-18(24)22(25)15-9-10-17-16(13-15)20-19(21(17)11-6-12-23)14-7-4-3-5-8-14/h2,9-10,13-14,23,25H,1,3-8,11-12H2. The molecule has 0 spiro atoms. The molecule has 0 saturated heterocycles. The van der Waals surface area contributed by atoms with Gasteiger partial charge in [-0.3, -0.25) is 10.0 Å². The zero-order valence-electron chi connectivity index (χ0n) is 14.4. The zero-order chi connectivity index (χ0) is 17.8. The lowest BCUT2D eigenvalue weighted by molar-refractivity contribution is -0.118. The van der Waals surface area contributed by atoms with Crippen LogP contribution in [0.5, 0.6) is 0 Å². The maximum Gasteiger partial charge on any atom is 0.274 e. The fourth-order valence-corrected chi connectivity index (χ4v) is 3.62. The first-order chi connectivity index (χ1) is 12.2. The number of aryl methyl sites for hydroxylation is 1. The first-order valence-electron chi connectivity index (χ1n) is 8.92. The summed E-state index contributed by atoms with van der Waals surface area (Å²) in [4.78, 5) is 16.4. The van der Waals surface area contributed by atoms with E-state index < -0.39 is 5.91 Å². The highest BCUT2D eigenvalue weighted by Crippen LogP contribution is 2.34. The monoisotopic (exact) mass is 343 g/mol. The van der Waals surface area contributed by atoms with E-state index >= 15 is 0 Å². The molecule has 1 aromatic carbocycles. The van der Waals surface area contributed by atoms with Crippen molar-refractivity contribution >= 4 is 22.6 Å². The Morgan fingerprint density at radius 3 is 2.80 bits per heavy atom. The van der Waals surface area contributed by atoms with Crippen LogP contribution in [0.3, 0.4) is 0 Å². The zero-order valence-corrected chi connectivity index (χ0v) is 14.4. The molecule has 2 N–H and O–H groups in total. The number of fused-ring (bicyclic) bond motifs is 1. The predicted molar refractivity (Wildman–Crippen MR) is 96.7 cm³/mol. The SMILES string of the molecule is C=CC(=O)N(O)c1ccc2c(c1)nc(C1CCCCC1)n2CCCO. The Morgan fingerprint density at radius 1 is 1.36 bits per heavy atom. The summed E-state index contributed by atoms with van der Waals surface area (Å²) in [6.07, 6.45) is 7.73. The van der Waals surface area contributed by atoms with Crippen molar-refractivity contribution in [3.8, 4) is 0 Å². The van der Waals surface area contributed by atoms with Gasteiger partial charge in [-0.2, -0.15) is 5.06 Å². The minimum Gasteiger partial charge on any atom is -0.396 e. The molecule has 1 aliphatic carbocycles. The predicted octanol–water partition coefficient (Wildman–Crippen LogP) is 3.37. The lowest BCUT2D eigenvalue weighted by Crippen LogP contribution is -2.24. The smallest absolute Gasteiger partial charge is 0.274 e. The van der Waals surface area contributed by atoms with Crippen molar-refractivity contribution in [3.05, 3.63) is 36.7 Å². The second-order valence-corrected chi connectivity index (χ2v) is 6.56. The average molecular weight is 343 g/mol. The maximum atomic E-state index is 11.6. The third-order valence-electron chi connectivity index (χ3n) is 4.90. The summed E-state index contributed by atoms with van der Waals surface area (Å²) < 4.78 is 2.18. The summed E-state index contributed by atoms with van der Waals surface area (Å²) in [6, 6.07) is 5.30. The molecule has 1 fully saturated rings. The quantitative estimate of drug-likeness (QED) is 0.479. The van der Waals surface area contributed by atoms with Gasteiger partial charge >= 0.3 is 0 Å². The molecule has 1 saturated carbocycles. The van der Waals surface area contributed by atoms with Crippen LogP contribution in [-0.2, 0) is 11.3 Å². The normalized spacial score (nSPS) is 15.4. The summed E-state index contributed by atoms with van der Waals surface area (Å²) in [6.45, 7) is 4.24. The average Bonchev–Trinajstić information content (AvgIpc) is 3.03. The van der Waals surface area contributed by atoms with E-state index in [2.05, 4.69) is 11.1 Å². The van der Waals surface area contributed by atoms with Crippen LogP contribution in [0.15, 0.2) is 30.9 Å². The number of aromatic nitrogens is 2. The van der Waals surface area contributed by atoms with E-state index in [9.17, 15) is 15.1 Å². The summed E-state index contributed by atoms with van der Waals surface area (Å²) in [5.41, 5.74) is 2.10. The third kappa shape index (κ3) is 3.60. The first-order valence-corrected chi connectivity index (χ1v) is 8.92. The Kier molecular flexibility index (Phi) is 5.50. The molecule has 1 amide bonds. The maximum absolute atomic E-state index is 11.6. The largest absolute Gasteiger partial charge is 0.396 e. The highest BCUT2D eigenvalue weighted by atomic mass is 16.5. The number of aliphatic hydroxyl groups excluding tert-OH is 1. The molecule has 3 rings (SSSR count). The fraction of sp³-hybridized carbons (Fsp3) is 0.474. The molecule has 2 aromatic rings. The number of amides is 1. The van der Waals surface area contributed by atoms with Gasteiger partial charge in [0, 0.05) is 19.1 Å². The Bertz CT molecular complexity index is 763. The van der Waals surface area contributed by atoms with Gasteiger partial charge in [0.15, 0.2) is 0 Å². The number of benzene rings is 1. The first kappa shape index (κ1) is 17.6. The number of carbonyl (C=O) groups is 1. The summed E-state index contributed by atoms with van der Waals surface area (Å²) >= 11 is 0. The Hall–Kier alpha value is -2.18. The van der Waals surface area contributed by atoms with Crippen LogP contribution in [-0.4, -0.2) is 32.4 Å². The van der Waals surface area contributed by atoms with Gasteiger partial charge in [-0.25, -0.2) is 4.98 Å². The van der Waals surface area contributed by atoms with Crippen LogP contribution in [0.25, 0.3) is 11.0 Å². The molecule has 1 aliphatic rings. The van der Waals surface area contributed by atoms with Gasteiger partial charge < -0.3 is 9.67 Å². The number of imidazole rings is 1. The van der Waals surface area contributed by atoms with Crippen molar-refractivity contribution in [2.24, 2.45) is 0 Å². The molecule has 0 atom stereocenters. The molecule has 6 heteroatoms. The molecular weight excluding hydrogens is 318 g/mol. The molecule has 1 heterocycles. The van der Waals surface area contributed by atoms with Gasteiger partial charge in [-0.05, 0) is 43.5 Å². The van der Waals surface area contributed by atoms with E-state index in [4.69, 9.17) is 4.98 Å². The van der Waals surface area contributed by atoms with Crippen LogP contribution >= 0.6 is 0 Å². The molecule has 134 valence electrons. The molecule has 0 unspecified atom stereocenters. The van der Waals surface area contributed by atoms with Gasteiger partial charge in [0.2, 0.25) is 0 Å². The van der Waals surface area contributed by atoms with Gasteiger partial charge in [0.25, 0.3) is 5.91 Å². The van der Waals surface area contributed by atoms with Crippen LogP contribution < -0.4 is 5.06 Å².